The van der Waals surface area contributed by atoms with Crippen LogP contribution in [0.25, 0.3) is 16.3 Å². The van der Waals surface area contributed by atoms with Crippen molar-refractivity contribution in [2.75, 3.05) is 6.54 Å². The number of hydrogen-bond donors (Lipinski definition) is 3. The van der Waals surface area contributed by atoms with E-state index in [1.54, 1.807) is 28.9 Å². The van der Waals surface area contributed by atoms with Crippen molar-refractivity contribution in [3.63, 3.8) is 0 Å². The standard InChI is InChI=1S/C28H30N2O8S4/c1-2-8-25(41(33,34)35)29-20-9-3-5-11-22(20)39-24(29)17-19(14-15-28(31)32)18-26-30(16-7-13-27(30)42(36,37)38)21-10-4-6-12-23(21)40-26/h3-6,9-12,17-18,25,27H,2,7-8,13-16H2,1H3,(H-2,31,32,33,34,35,36,37,38)/p+2/b19-17+,26-18-. The Kier molecular flexibility index (Phi) is 8.69. The lowest BCUT2D eigenvalue weighted by atomic mass is 10.1. The number of benzene rings is 2. The summed E-state index contributed by atoms with van der Waals surface area (Å²) < 4.78 is 73.2. The van der Waals surface area contributed by atoms with Crippen molar-refractivity contribution in [1.82, 2.24) is 4.48 Å². The van der Waals surface area contributed by atoms with Crippen LogP contribution in [-0.4, -0.2) is 48.9 Å². The van der Waals surface area contributed by atoms with Crippen LogP contribution in [-0.2, 0) is 25.0 Å². The fourth-order valence-electron chi connectivity index (χ4n) is 5.95. The Morgan fingerprint density at radius 2 is 1.81 bits per heavy atom. The minimum absolute atomic E-state index is 0.0834. The van der Waals surface area contributed by atoms with Crippen molar-refractivity contribution in [1.29, 1.82) is 0 Å². The average molecular weight is 653 g/mol. The molecule has 42 heavy (non-hydrogen) atoms. The summed E-state index contributed by atoms with van der Waals surface area (Å²) in [5.74, 6) is -1.02. The first-order valence-electron chi connectivity index (χ1n) is 13.5. The number of allylic oxidation sites excluding steroid dienone is 2. The molecule has 3 unspecified atom stereocenters. The number of aliphatic carboxylic acids is 1. The Hall–Kier alpha value is -2.59. The van der Waals surface area contributed by atoms with E-state index in [1.165, 1.54) is 23.1 Å². The molecule has 3 heterocycles. The van der Waals surface area contributed by atoms with E-state index >= 15 is 0 Å². The zero-order valence-electron chi connectivity index (χ0n) is 22.8. The molecular weight excluding hydrogens is 621 g/mol. The van der Waals surface area contributed by atoms with Gasteiger partial charge in [-0.1, -0.05) is 42.5 Å². The topological polar surface area (TPSA) is 150 Å². The van der Waals surface area contributed by atoms with Gasteiger partial charge in [-0.3, -0.25) is 13.9 Å². The predicted molar refractivity (Wildman–Crippen MR) is 164 cm³/mol. The normalized spacial score (nSPS) is 22.7. The third-order valence-corrected chi connectivity index (χ3v) is 12.4. The van der Waals surface area contributed by atoms with E-state index in [4.69, 9.17) is 0 Å². The molecule has 0 radical (unpaired) electrons. The van der Waals surface area contributed by atoms with Crippen LogP contribution in [0.3, 0.4) is 0 Å². The Balaban J connectivity index is 1.73. The molecule has 0 saturated carbocycles. The minimum Gasteiger partial charge on any atom is -0.481 e. The molecule has 1 aromatic heterocycles. The lowest BCUT2D eigenvalue weighted by molar-refractivity contribution is -0.675. The minimum atomic E-state index is -4.50. The van der Waals surface area contributed by atoms with E-state index in [-0.39, 0.29) is 30.2 Å². The molecule has 2 aromatic carbocycles. The van der Waals surface area contributed by atoms with E-state index in [9.17, 15) is 35.8 Å². The average Bonchev–Trinajstić information content (AvgIpc) is 3.60. The Morgan fingerprint density at radius 3 is 2.50 bits per heavy atom. The third kappa shape index (κ3) is 5.81. The van der Waals surface area contributed by atoms with Crippen LogP contribution in [0.1, 0.15) is 55.8 Å². The molecule has 0 aliphatic carbocycles. The van der Waals surface area contributed by atoms with Crippen molar-refractivity contribution >= 4 is 71.3 Å². The highest BCUT2D eigenvalue weighted by molar-refractivity contribution is 8.03. The van der Waals surface area contributed by atoms with E-state index in [2.05, 4.69) is 0 Å². The van der Waals surface area contributed by atoms with Crippen LogP contribution in [0.5, 0.6) is 0 Å². The zero-order chi connectivity index (χ0) is 30.3. The van der Waals surface area contributed by atoms with Crippen LogP contribution in [0.2, 0.25) is 0 Å². The summed E-state index contributed by atoms with van der Waals surface area (Å²) in [5.41, 5.74) is 1.93. The van der Waals surface area contributed by atoms with Crippen molar-refractivity contribution < 1.29 is 40.4 Å². The van der Waals surface area contributed by atoms with Gasteiger partial charge in [0.15, 0.2) is 10.7 Å². The second-order valence-corrected chi connectivity index (χ2v) is 15.7. The molecule has 2 aliphatic rings. The summed E-state index contributed by atoms with van der Waals surface area (Å²) >= 11 is 2.70. The fraction of sp³-hybridized carbons (Fsp3) is 0.357. The molecule has 1 spiro atoms. The number of carboxylic acids is 1. The third-order valence-electron chi connectivity index (χ3n) is 7.69. The first kappa shape index (κ1) is 30.9. The molecule has 3 N–H and O–H groups in total. The van der Waals surface area contributed by atoms with Crippen LogP contribution >= 0.6 is 23.1 Å². The second-order valence-electron chi connectivity index (χ2n) is 10.4. The summed E-state index contributed by atoms with van der Waals surface area (Å²) in [6.45, 7) is 2.27. The van der Waals surface area contributed by atoms with E-state index in [1.807, 2.05) is 43.3 Å². The van der Waals surface area contributed by atoms with Crippen LogP contribution < -0.4 is 9.05 Å². The lowest BCUT2D eigenvalue weighted by Gasteiger charge is -2.34. The number of quaternary nitrogens is 1. The number of thioether (sulfide) groups is 1. The molecular formula is C28H32N2O8S4+2. The van der Waals surface area contributed by atoms with Gasteiger partial charge in [0.25, 0.3) is 10.4 Å². The maximum absolute atomic E-state index is 12.6. The molecule has 3 aromatic rings. The number of aromatic nitrogens is 1. The second kappa shape index (κ2) is 11.8. The Labute approximate surface area is 253 Å². The number of hydrogen-bond acceptors (Lipinski definition) is 7. The zero-order valence-corrected chi connectivity index (χ0v) is 26.1. The van der Waals surface area contributed by atoms with Gasteiger partial charge in [0.05, 0.1) is 11.4 Å². The summed E-state index contributed by atoms with van der Waals surface area (Å²) in [4.78, 5) is 12.5. The van der Waals surface area contributed by atoms with Crippen LogP contribution in [0.15, 0.2) is 70.1 Å². The van der Waals surface area contributed by atoms with Gasteiger partial charge < -0.3 is 5.11 Å². The number of carboxylic acid groups (broad SMARTS) is 1. The van der Waals surface area contributed by atoms with Crippen LogP contribution in [0.4, 0.5) is 5.69 Å². The van der Waals surface area contributed by atoms with Gasteiger partial charge in [-0.15, -0.1) is 0 Å². The maximum atomic E-state index is 12.6. The summed E-state index contributed by atoms with van der Waals surface area (Å²) in [6.07, 6.45) is 4.88. The van der Waals surface area contributed by atoms with Crippen molar-refractivity contribution in [2.45, 2.75) is 61.1 Å². The van der Waals surface area contributed by atoms with Crippen molar-refractivity contribution in [3.05, 3.63) is 70.2 Å². The molecule has 1 saturated heterocycles. The molecule has 14 heteroatoms. The van der Waals surface area contributed by atoms with Crippen LogP contribution in [0, 0.1) is 0 Å². The molecule has 224 valence electrons. The maximum Gasteiger partial charge on any atom is 0.329 e. The van der Waals surface area contributed by atoms with E-state index in [0.717, 1.165) is 15.3 Å². The first-order chi connectivity index (χ1) is 19.9. The lowest BCUT2D eigenvalue weighted by Crippen LogP contribution is -2.52. The van der Waals surface area contributed by atoms with E-state index < -0.39 is 37.0 Å². The van der Waals surface area contributed by atoms with Crippen molar-refractivity contribution in [2.24, 2.45) is 0 Å². The molecule has 3 atom stereocenters. The van der Waals surface area contributed by atoms with Gasteiger partial charge in [-0.2, -0.15) is 21.4 Å². The molecule has 2 aliphatic heterocycles. The fourth-order valence-corrected chi connectivity index (χ4v) is 10.9. The summed E-state index contributed by atoms with van der Waals surface area (Å²) in [7, 11) is -8.94. The smallest absolute Gasteiger partial charge is 0.329 e. The van der Waals surface area contributed by atoms with Gasteiger partial charge in [-0.05, 0) is 42.3 Å². The highest BCUT2D eigenvalue weighted by Crippen LogP contribution is 2.56. The Morgan fingerprint density at radius 1 is 1.10 bits per heavy atom. The monoisotopic (exact) mass is 652 g/mol. The number of thiazole rings is 1. The van der Waals surface area contributed by atoms with Gasteiger partial charge in [0, 0.05) is 50.0 Å². The summed E-state index contributed by atoms with van der Waals surface area (Å²) in [5, 5.41) is 8.32. The molecule has 5 rings (SSSR count). The Bertz CT molecular complexity index is 1810. The number of rotatable bonds is 10. The molecule has 10 nitrogen and oxygen atoms in total. The molecule has 0 amide bonds. The largest absolute Gasteiger partial charge is 0.481 e. The van der Waals surface area contributed by atoms with E-state index in [0.29, 0.717) is 40.5 Å². The number of carbonyl (C=O) groups is 1. The van der Waals surface area contributed by atoms with Gasteiger partial charge in [0.1, 0.15) is 4.70 Å². The molecule has 1 fully saturated rings. The van der Waals surface area contributed by atoms with Gasteiger partial charge >= 0.3 is 26.2 Å². The summed E-state index contributed by atoms with van der Waals surface area (Å²) in [6, 6.07) is 14.7. The highest BCUT2D eigenvalue weighted by Gasteiger charge is 2.57. The predicted octanol–water partition coefficient (Wildman–Crippen LogP) is 5.59. The van der Waals surface area contributed by atoms with Crippen molar-refractivity contribution in [3.8, 4) is 0 Å². The quantitative estimate of drug-likeness (QED) is 0.145. The van der Waals surface area contributed by atoms with Gasteiger partial charge in [0.2, 0.25) is 10.9 Å². The van der Waals surface area contributed by atoms with Gasteiger partial charge in [-0.25, -0.2) is 4.48 Å². The number of para-hydroxylation sites is 2. The number of nitrogens with zero attached hydrogens (tertiary/aromatic N) is 2. The molecule has 0 bridgehead atoms. The SMILES string of the molecule is CCCC([n+]1c(/C=C(/C=C2\Sc3ccccc3[N+]23CCCC3S(=O)(=O)O)CCC(=O)O)sc2ccccc21)S(=O)(=O)O. The first-order valence-corrected chi connectivity index (χ1v) is 18.2. The highest BCUT2D eigenvalue weighted by atomic mass is 32.2. The number of fused-ring (bicyclic) bond motifs is 3.